The van der Waals surface area contributed by atoms with Crippen LogP contribution in [0.1, 0.15) is 16.0 Å². The topological polar surface area (TPSA) is 42.0 Å². The maximum Gasteiger partial charge on any atom is 0.213 e. The number of rotatable bonds is 2. The Bertz CT molecular complexity index is 640. The number of anilines is 1. The highest BCUT2D eigenvalue weighted by atomic mass is 32.1. The van der Waals surface area contributed by atoms with Crippen molar-refractivity contribution in [2.45, 2.75) is 6.92 Å². The Morgan fingerprint density at radius 1 is 1.44 bits per heavy atom. The lowest BCUT2D eigenvalue weighted by molar-refractivity contribution is -0.105. The molecule has 0 radical (unpaired) electrons. The molecule has 1 aromatic heterocycles. The van der Waals surface area contributed by atoms with Crippen molar-refractivity contribution in [1.29, 1.82) is 0 Å². The van der Waals surface area contributed by atoms with Crippen LogP contribution in [0.15, 0.2) is 24.4 Å². The second-order valence-corrected chi connectivity index (χ2v) is 5.27. The molecular weight excluding hydrogens is 263 g/mol. The summed E-state index contributed by atoms with van der Waals surface area (Å²) >= 11 is 1.35. The molecule has 0 aliphatic heterocycles. The van der Waals surface area contributed by atoms with E-state index in [-0.39, 0.29) is 0 Å². The number of nitrogens with zero attached hydrogens (tertiary/aromatic N) is 1. The third kappa shape index (κ3) is 3.16. The summed E-state index contributed by atoms with van der Waals surface area (Å²) in [6.45, 7) is 2.05. The van der Waals surface area contributed by atoms with Gasteiger partial charge in [0, 0.05) is 5.56 Å². The lowest BCUT2D eigenvalue weighted by Crippen LogP contribution is -1.95. The van der Waals surface area contributed by atoms with Crippen LogP contribution in [-0.2, 0) is 4.79 Å². The van der Waals surface area contributed by atoms with E-state index in [1.807, 2.05) is 25.1 Å². The van der Waals surface area contributed by atoms with E-state index in [2.05, 4.69) is 31.4 Å². The smallest absolute Gasteiger partial charge is 0.213 e. The average Bonchev–Trinajstić information content (AvgIpc) is 2.79. The molecule has 90 valence electrons. The van der Waals surface area contributed by atoms with Crippen LogP contribution in [0, 0.1) is 18.8 Å². The van der Waals surface area contributed by atoms with E-state index in [1.165, 1.54) is 22.2 Å². The molecule has 0 fully saturated rings. The largest absolute Gasteiger partial charge is 0.305 e. The van der Waals surface area contributed by atoms with Crippen molar-refractivity contribution in [3.8, 4) is 11.8 Å². The number of carbonyl (C=O) groups excluding carboxylic acids is 1. The van der Waals surface area contributed by atoms with Gasteiger partial charge in [-0.1, -0.05) is 23.3 Å². The van der Waals surface area contributed by atoms with Crippen LogP contribution < -0.4 is 10.6 Å². The van der Waals surface area contributed by atoms with Gasteiger partial charge in [-0.2, -0.15) is 0 Å². The molecule has 0 spiro atoms. The zero-order valence-electron chi connectivity index (χ0n) is 9.73. The van der Waals surface area contributed by atoms with Crippen LogP contribution in [0.25, 0.3) is 0 Å². The number of aryl methyl sites for hydroxylation is 1. The van der Waals surface area contributed by atoms with Gasteiger partial charge >= 0.3 is 0 Å². The van der Waals surface area contributed by atoms with Gasteiger partial charge in [0.15, 0.2) is 5.13 Å². The number of carbonyl (C=O) groups is 1. The number of hydrogen-bond donors (Lipinski definition) is 1. The molecule has 1 amide bonds. The molecule has 1 N–H and O–H groups in total. The first-order chi connectivity index (χ1) is 8.69. The maximum atomic E-state index is 10.2. The Morgan fingerprint density at radius 2 is 2.28 bits per heavy atom. The van der Waals surface area contributed by atoms with Crippen molar-refractivity contribution in [2.75, 3.05) is 5.32 Å². The van der Waals surface area contributed by atoms with Gasteiger partial charge in [0.25, 0.3) is 0 Å². The molecule has 1 heterocycles. The second-order valence-electron chi connectivity index (χ2n) is 3.61. The van der Waals surface area contributed by atoms with Gasteiger partial charge in [-0.3, -0.25) is 4.79 Å². The van der Waals surface area contributed by atoms with Gasteiger partial charge in [-0.05, 0) is 35.8 Å². The predicted octanol–water partition coefficient (Wildman–Crippen LogP) is 1.92. The molecule has 2 aromatic rings. The van der Waals surface area contributed by atoms with Crippen LogP contribution in [0.3, 0.4) is 0 Å². The molecule has 1 unspecified atom stereocenters. The molecule has 0 saturated heterocycles. The highest BCUT2D eigenvalue weighted by molar-refractivity contribution is 7.27. The Hall–Kier alpha value is -1.69. The summed E-state index contributed by atoms with van der Waals surface area (Å²) in [5.74, 6) is 6.11. The molecule has 2 rings (SSSR count). The molecule has 0 saturated carbocycles. The van der Waals surface area contributed by atoms with Crippen LogP contribution in [0.2, 0.25) is 0 Å². The van der Waals surface area contributed by atoms with Crippen molar-refractivity contribution in [3.05, 3.63) is 40.4 Å². The molecular formula is C13H11N2OPS. The first-order valence-corrected chi connectivity index (χ1v) is 6.62. The quantitative estimate of drug-likeness (QED) is 0.516. The minimum atomic E-state index is 0.561. The van der Waals surface area contributed by atoms with Gasteiger partial charge in [0.2, 0.25) is 6.41 Å². The van der Waals surface area contributed by atoms with Crippen molar-refractivity contribution < 1.29 is 4.79 Å². The number of benzene rings is 1. The Balaban J connectivity index is 2.19. The minimum absolute atomic E-state index is 0.561. The number of thiazole rings is 1. The Kier molecular flexibility index (Phi) is 4.09. The normalized spacial score (nSPS) is 9.44. The standard InChI is InChI=1S/C13H11N2OPS/c1-9-6-10(3-5-12(9)17)2-4-11-7-14-13(18-11)15-8-16/h3,5-8H,17H2,1H3,(H,14,15,16). The highest BCUT2D eigenvalue weighted by Crippen LogP contribution is 2.16. The van der Waals surface area contributed by atoms with E-state index in [0.717, 1.165) is 10.4 Å². The van der Waals surface area contributed by atoms with Gasteiger partial charge in [0.1, 0.15) is 0 Å². The molecule has 1 atom stereocenters. The zero-order valence-corrected chi connectivity index (χ0v) is 11.7. The maximum absolute atomic E-state index is 10.2. The Morgan fingerprint density at radius 3 is 3.00 bits per heavy atom. The lowest BCUT2D eigenvalue weighted by atomic mass is 10.1. The predicted molar refractivity (Wildman–Crippen MR) is 78.3 cm³/mol. The highest BCUT2D eigenvalue weighted by Gasteiger charge is 1.97. The number of hydrogen-bond acceptors (Lipinski definition) is 3. The van der Waals surface area contributed by atoms with Crippen molar-refractivity contribution in [1.82, 2.24) is 4.98 Å². The fourth-order valence-electron chi connectivity index (χ4n) is 1.34. The van der Waals surface area contributed by atoms with Crippen LogP contribution >= 0.6 is 20.6 Å². The second kappa shape index (κ2) is 5.77. The van der Waals surface area contributed by atoms with E-state index in [1.54, 1.807) is 6.20 Å². The zero-order chi connectivity index (χ0) is 13.0. The molecule has 1 aromatic carbocycles. The van der Waals surface area contributed by atoms with Crippen molar-refractivity contribution in [2.24, 2.45) is 0 Å². The van der Waals surface area contributed by atoms with Crippen LogP contribution in [0.4, 0.5) is 5.13 Å². The van der Waals surface area contributed by atoms with Gasteiger partial charge in [-0.15, -0.1) is 9.24 Å². The summed E-state index contributed by atoms with van der Waals surface area (Å²) in [6.07, 6.45) is 2.26. The lowest BCUT2D eigenvalue weighted by Gasteiger charge is -1.98. The first-order valence-electron chi connectivity index (χ1n) is 5.23. The van der Waals surface area contributed by atoms with Crippen molar-refractivity contribution in [3.63, 3.8) is 0 Å². The monoisotopic (exact) mass is 274 g/mol. The van der Waals surface area contributed by atoms with Crippen molar-refractivity contribution >= 4 is 37.4 Å². The number of amides is 1. The fourth-order valence-corrected chi connectivity index (χ4v) is 2.14. The summed E-state index contributed by atoms with van der Waals surface area (Å²) in [5, 5.41) is 4.24. The van der Waals surface area contributed by atoms with E-state index in [0.29, 0.717) is 11.5 Å². The molecule has 0 aliphatic rings. The first kappa shape index (κ1) is 12.8. The summed E-state index contributed by atoms with van der Waals surface area (Å²) in [7, 11) is 2.69. The third-order valence-corrected chi connectivity index (χ3v) is 3.78. The number of aromatic nitrogens is 1. The summed E-state index contributed by atoms with van der Waals surface area (Å²) in [5.41, 5.74) is 2.16. The minimum Gasteiger partial charge on any atom is -0.305 e. The fraction of sp³-hybridized carbons (Fsp3) is 0.0769. The SMILES string of the molecule is Cc1cc(C#Cc2cnc(NC=O)s2)ccc1P. The molecule has 3 nitrogen and oxygen atoms in total. The van der Waals surface area contributed by atoms with E-state index < -0.39 is 0 Å². The number of nitrogens with one attached hydrogen (secondary N) is 1. The molecule has 5 heteroatoms. The van der Waals surface area contributed by atoms with Crippen LogP contribution in [-0.4, -0.2) is 11.4 Å². The Labute approximate surface area is 112 Å². The molecule has 0 bridgehead atoms. The van der Waals surface area contributed by atoms with E-state index >= 15 is 0 Å². The van der Waals surface area contributed by atoms with Gasteiger partial charge in [-0.25, -0.2) is 4.98 Å². The summed E-state index contributed by atoms with van der Waals surface area (Å²) < 4.78 is 0. The van der Waals surface area contributed by atoms with E-state index in [4.69, 9.17) is 0 Å². The average molecular weight is 274 g/mol. The van der Waals surface area contributed by atoms with Crippen LogP contribution in [0.5, 0.6) is 0 Å². The van der Waals surface area contributed by atoms with E-state index in [9.17, 15) is 4.79 Å². The molecule has 0 aliphatic carbocycles. The van der Waals surface area contributed by atoms with Gasteiger partial charge in [0.05, 0.1) is 11.1 Å². The summed E-state index contributed by atoms with van der Waals surface area (Å²) in [6, 6.07) is 6.05. The van der Waals surface area contributed by atoms with Gasteiger partial charge < -0.3 is 5.32 Å². The summed E-state index contributed by atoms with van der Waals surface area (Å²) in [4.78, 5) is 15.1. The molecule has 18 heavy (non-hydrogen) atoms. The third-order valence-electron chi connectivity index (χ3n) is 2.29.